The van der Waals surface area contributed by atoms with E-state index < -0.39 is 33.4 Å². The van der Waals surface area contributed by atoms with Crippen molar-refractivity contribution in [1.82, 2.24) is 9.55 Å². The van der Waals surface area contributed by atoms with Crippen molar-refractivity contribution >= 4 is 26.8 Å². The Bertz CT molecular complexity index is 1230. The molecule has 0 bridgehead atoms. The van der Waals surface area contributed by atoms with Crippen LogP contribution >= 0.6 is 0 Å². The number of carboxylic acids is 1. The Kier molecular flexibility index (Phi) is 2.99. The topological polar surface area (TPSA) is 89.3 Å². The molecule has 0 fully saturated rings. The molecule has 0 unspecified atom stereocenters. The smallest absolute Gasteiger partial charge is 0.307 e. The molecule has 0 aliphatic rings. The second kappa shape index (κ2) is 6.33. The van der Waals surface area contributed by atoms with E-state index in [4.69, 9.17) is 6.85 Å². The van der Waals surface area contributed by atoms with Gasteiger partial charge < -0.3 is 9.67 Å². The van der Waals surface area contributed by atoms with Gasteiger partial charge in [-0.05, 0) is 42.3 Å². The highest BCUT2D eigenvalue weighted by Crippen LogP contribution is 2.26. The van der Waals surface area contributed by atoms with Gasteiger partial charge in [0.05, 0.1) is 14.1 Å². The summed E-state index contributed by atoms with van der Waals surface area (Å²) in [6.45, 7) is -0.624. The van der Waals surface area contributed by atoms with Crippen LogP contribution in [0.25, 0.3) is 11.0 Å². The zero-order valence-electron chi connectivity index (χ0n) is 18.2. The van der Waals surface area contributed by atoms with Gasteiger partial charge in [-0.3, -0.25) is 4.79 Å². The predicted octanol–water partition coefficient (Wildman–Crippen LogP) is 2.42. The van der Waals surface area contributed by atoms with E-state index in [2.05, 4.69) is 4.98 Å². The van der Waals surface area contributed by atoms with Crippen molar-refractivity contribution in [1.29, 1.82) is 0 Å². The van der Waals surface area contributed by atoms with Crippen molar-refractivity contribution < 1.29 is 25.2 Å². The molecule has 25 heavy (non-hydrogen) atoms. The van der Waals surface area contributed by atoms with Gasteiger partial charge in [0, 0.05) is 34.1 Å². The van der Waals surface area contributed by atoms with Gasteiger partial charge in [0.25, 0.3) is 0 Å². The highest BCUT2D eigenvalue weighted by atomic mass is 32.2. The highest BCUT2D eigenvalue weighted by Gasteiger charge is 2.17. The molecule has 0 radical (unpaired) electrons. The summed E-state index contributed by atoms with van der Waals surface area (Å²) >= 11 is 0. The van der Waals surface area contributed by atoms with Gasteiger partial charge in [-0.1, -0.05) is 12.1 Å². The molecule has 2 heterocycles. The lowest BCUT2D eigenvalue weighted by molar-refractivity contribution is -0.136. The molecule has 130 valence electrons. The maximum Gasteiger partial charge on any atom is 0.307 e. The van der Waals surface area contributed by atoms with Crippen molar-refractivity contribution in [2.45, 2.75) is 24.7 Å². The van der Waals surface area contributed by atoms with Crippen LogP contribution in [0.5, 0.6) is 0 Å². The molecule has 0 aliphatic carbocycles. The Morgan fingerprint density at radius 1 is 1.32 bits per heavy atom. The summed E-state index contributed by atoms with van der Waals surface area (Å²) in [5.74, 6) is -1.07. The largest absolute Gasteiger partial charge is 0.481 e. The number of benzene rings is 1. The molecule has 3 rings (SSSR count). The maximum atomic E-state index is 12.1. The van der Waals surface area contributed by atoms with Gasteiger partial charge in [0.15, 0.2) is 9.84 Å². The summed E-state index contributed by atoms with van der Waals surface area (Å²) in [5, 5.41) is 9.73. The van der Waals surface area contributed by atoms with Gasteiger partial charge >= 0.3 is 5.97 Å². The average molecular weight is 363 g/mol. The number of hydrogen-bond donors (Lipinski definition) is 1. The number of aromatic nitrogens is 2. The second-order valence-corrected chi connectivity index (χ2v) is 6.96. The Morgan fingerprint density at radius 3 is 2.68 bits per heavy atom. The zero-order chi connectivity index (χ0) is 22.5. The predicted molar refractivity (Wildman–Crippen MR) is 94.5 cm³/mol. The highest BCUT2D eigenvalue weighted by molar-refractivity contribution is 7.90. The van der Waals surface area contributed by atoms with Gasteiger partial charge in [0.2, 0.25) is 0 Å². The summed E-state index contributed by atoms with van der Waals surface area (Å²) in [4.78, 5) is 15.0. The first-order chi connectivity index (χ1) is 13.8. The molecule has 0 atom stereocenters. The number of fused-ring (bicyclic) bond motifs is 1. The molecular weight excluding hydrogens is 340 g/mol. The van der Waals surface area contributed by atoms with E-state index in [9.17, 15) is 18.3 Å². The average Bonchev–Trinajstić information content (AvgIpc) is 2.93. The van der Waals surface area contributed by atoms with Crippen molar-refractivity contribution in [3.05, 3.63) is 59.4 Å². The minimum atomic E-state index is -4.56. The first-order valence-corrected chi connectivity index (χ1v) is 8.79. The van der Waals surface area contributed by atoms with Crippen LogP contribution in [0.15, 0.2) is 47.5 Å². The molecule has 1 N–H and O–H groups in total. The third kappa shape index (κ3) is 3.41. The molecule has 0 saturated carbocycles. The fourth-order valence-electron chi connectivity index (χ4n) is 2.65. The third-order valence-electron chi connectivity index (χ3n) is 3.83. The molecule has 7 heteroatoms. The first kappa shape index (κ1) is 11.8. The summed E-state index contributed by atoms with van der Waals surface area (Å²) < 4.78 is 64.3. The van der Waals surface area contributed by atoms with Crippen LogP contribution < -0.4 is 0 Å². The van der Waals surface area contributed by atoms with E-state index in [-0.39, 0.29) is 17.6 Å². The molecule has 0 aliphatic heterocycles. The molecule has 1 aromatic carbocycles. The van der Waals surface area contributed by atoms with E-state index >= 15 is 0 Å². The van der Waals surface area contributed by atoms with Crippen molar-refractivity contribution in [3.8, 4) is 0 Å². The van der Waals surface area contributed by atoms with Crippen molar-refractivity contribution in [2.24, 2.45) is 0 Å². The monoisotopic (exact) mass is 363 g/mol. The summed E-state index contributed by atoms with van der Waals surface area (Å²) in [5.41, 5.74) is 1.10. The van der Waals surface area contributed by atoms with Gasteiger partial charge in [-0.2, -0.15) is 0 Å². The van der Waals surface area contributed by atoms with E-state index in [0.29, 0.717) is 16.6 Å². The Labute approximate surface area is 152 Å². The number of hydrogen-bond acceptors (Lipinski definition) is 4. The number of carbonyl (C=O) groups is 1. The van der Waals surface area contributed by atoms with E-state index in [1.165, 1.54) is 22.9 Å². The fourth-order valence-corrected chi connectivity index (χ4v) is 3.14. The lowest BCUT2D eigenvalue weighted by Crippen LogP contribution is -2.06. The number of nitrogens with zero attached hydrogens (tertiary/aromatic N) is 2. The van der Waals surface area contributed by atoms with Crippen molar-refractivity contribution in [3.63, 3.8) is 0 Å². The number of aliphatic carboxylic acids is 1. The van der Waals surface area contributed by atoms with E-state index in [0.717, 1.165) is 12.1 Å². The van der Waals surface area contributed by atoms with Crippen LogP contribution in [0, 0.1) is 6.92 Å². The normalized spacial score (nSPS) is 15.8. The van der Waals surface area contributed by atoms with Crippen LogP contribution in [0.3, 0.4) is 0 Å². The SMILES string of the molecule is [2H]C([2H])(c1ccc(S(=O)(=O)C([2H])([2H])[2H])cc1)n1c(C)c(CC(=O)O)c2cccnc21. The Hall–Kier alpha value is -2.67. The first-order valence-electron chi connectivity index (χ1n) is 9.81. The molecule has 0 amide bonds. The molecular formula is C18H18N2O4S. The minimum absolute atomic E-state index is 0.0551. The molecule has 0 spiro atoms. The summed E-state index contributed by atoms with van der Waals surface area (Å²) in [6.07, 6.45) is -2.08. The van der Waals surface area contributed by atoms with Gasteiger partial charge in [-0.25, -0.2) is 13.4 Å². The molecule has 3 aromatic rings. The maximum absolute atomic E-state index is 12.1. The zero-order valence-corrected chi connectivity index (χ0v) is 14.0. The van der Waals surface area contributed by atoms with Gasteiger partial charge in [-0.15, -0.1) is 0 Å². The van der Waals surface area contributed by atoms with E-state index in [1.807, 2.05) is 0 Å². The number of carboxylic acid groups (broad SMARTS) is 1. The lowest BCUT2D eigenvalue weighted by atomic mass is 10.1. The third-order valence-corrected chi connectivity index (χ3v) is 4.72. The minimum Gasteiger partial charge on any atom is -0.481 e. The molecule has 0 saturated heterocycles. The summed E-state index contributed by atoms with van der Waals surface area (Å²) in [7, 11) is -4.56. The van der Waals surface area contributed by atoms with Crippen LogP contribution in [0.1, 0.15) is 23.7 Å². The van der Waals surface area contributed by atoms with Crippen LogP contribution in [-0.2, 0) is 27.5 Å². The number of sulfone groups is 1. The van der Waals surface area contributed by atoms with Crippen LogP contribution in [0.2, 0.25) is 0 Å². The van der Waals surface area contributed by atoms with Crippen LogP contribution in [0.4, 0.5) is 0 Å². The van der Waals surface area contributed by atoms with Crippen molar-refractivity contribution in [2.75, 3.05) is 6.18 Å². The summed E-state index contributed by atoms with van der Waals surface area (Å²) in [6, 6.07) is 7.77. The van der Waals surface area contributed by atoms with Crippen LogP contribution in [-0.4, -0.2) is 35.2 Å². The Balaban J connectivity index is 2.16. The molecule has 2 aromatic heterocycles. The number of pyridine rings is 1. The second-order valence-electron chi connectivity index (χ2n) is 5.48. The number of rotatable bonds is 5. The standard InChI is InChI=1S/C18H18N2O4S/c1-12-16(10-17(21)22)15-4-3-9-19-18(15)20(12)11-13-5-7-14(8-6-13)25(2,23)24/h3-9H,10-11H2,1-2H3,(H,21,22)/i2D3,11D2. The lowest BCUT2D eigenvalue weighted by Gasteiger charge is -2.09. The van der Waals surface area contributed by atoms with Gasteiger partial charge in [0.1, 0.15) is 5.65 Å². The molecule has 6 nitrogen and oxygen atoms in total. The quantitative estimate of drug-likeness (QED) is 0.752. The fraction of sp³-hybridized carbons (Fsp3) is 0.222. The van der Waals surface area contributed by atoms with E-state index in [1.54, 1.807) is 19.1 Å². The Morgan fingerprint density at radius 2 is 2.04 bits per heavy atom.